The van der Waals surface area contributed by atoms with E-state index in [0.29, 0.717) is 0 Å². The standard InChI is InChI=1S/C14H17ClN2S/c1-9-8-18-14(12(9)15)13(16-3)10(2)11-6-4-5-7-17-11/h4-8,10,13,16H,1-3H3. The van der Waals surface area contributed by atoms with Crippen LogP contribution < -0.4 is 5.32 Å². The summed E-state index contributed by atoms with van der Waals surface area (Å²) in [4.78, 5) is 5.62. The van der Waals surface area contributed by atoms with Gasteiger partial charge in [-0.2, -0.15) is 0 Å². The zero-order valence-corrected chi connectivity index (χ0v) is 12.3. The summed E-state index contributed by atoms with van der Waals surface area (Å²) in [6.45, 7) is 4.22. The Balaban J connectivity index is 2.32. The van der Waals surface area contributed by atoms with E-state index in [0.717, 1.165) is 16.3 Å². The van der Waals surface area contributed by atoms with E-state index in [1.165, 1.54) is 4.88 Å². The highest BCUT2D eigenvalue weighted by Crippen LogP contribution is 2.38. The number of nitrogens with one attached hydrogen (secondary N) is 1. The number of likely N-dealkylation sites (N-methyl/N-ethyl adjacent to an activating group) is 1. The lowest BCUT2D eigenvalue weighted by atomic mass is 9.96. The van der Waals surface area contributed by atoms with Crippen LogP contribution in [-0.4, -0.2) is 12.0 Å². The summed E-state index contributed by atoms with van der Waals surface area (Å²) < 4.78 is 0. The van der Waals surface area contributed by atoms with Gasteiger partial charge in [0.2, 0.25) is 0 Å². The predicted molar refractivity (Wildman–Crippen MR) is 78.5 cm³/mol. The minimum atomic E-state index is 0.200. The van der Waals surface area contributed by atoms with Gasteiger partial charge in [0.1, 0.15) is 0 Å². The van der Waals surface area contributed by atoms with Gasteiger partial charge < -0.3 is 5.32 Å². The Morgan fingerprint density at radius 1 is 1.39 bits per heavy atom. The van der Waals surface area contributed by atoms with E-state index in [4.69, 9.17) is 11.6 Å². The molecule has 2 heterocycles. The minimum absolute atomic E-state index is 0.200. The highest BCUT2D eigenvalue weighted by atomic mass is 35.5. The molecule has 0 aliphatic carbocycles. The van der Waals surface area contributed by atoms with E-state index in [-0.39, 0.29) is 12.0 Å². The second-order valence-corrected chi connectivity index (χ2v) is 5.70. The van der Waals surface area contributed by atoms with Crippen molar-refractivity contribution in [2.75, 3.05) is 7.05 Å². The SMILES string of the molecule is CNC(c1scc(C)c1Cl)C(C)c1ccccn1. The summed E-state index contributed by atoms with van der Waals surface area (Å²) in [6, 6.07) is 6.22. The average Bonchev–Trinajstić information content (AvgIpc) is 2.73. The molecule has 0 aliphatic heterocycles. The molecule has 96 valence electrons. The topological polar surface area (TPSA) is 24.9 Å². The van der Waals surface area contributed by atoms with Crippen molar-refractivity contribution in [2.45, 2.75) is 25.8 Å². The van der Waals surface area contributed by atoms with Gasteiger partial charge in [-0.3, -0.25) is 4.98 Å². The largest absolute Gasteiger partial charge is 0.312 e. The Labute approximate surface area is 117 Å². The van der Waals surface area contributed by atoms with Gasteiger partial charge in [0.15, 0.2) is 0 Å². The molecule has 4 heteroatoms. The quantitative estimate of drug-likeness (QED) is 0.909. The van der Waals surface area contributed by atoms with Crippen LogP contribution in [0.4, 0.5) is 0 Å². The molecule has 2 aromatic heterocycles. The fourth-order valence-electron chi connectivity index (χ4n) is 2.08. The number of halogens is 1. The molecule has 1 N–H and O–H groups in total. The number of aryl methyl sites for hydroxylation is 1. The molecule has 2 aromatic rings. The van der Waals surface area contributed by atoms with Gasteiger partial charge in [0.05, 0.1) is 11.1 Å². The van der Waals surface area contributed by atoms with E-state index in [1.54, 1.807) is 11.3 Å². The molecule has 0 amide bonds. The number of pyridine rings is 1. The van der Waals surface area contributed by atoms with Crippen LogP contribution in [0.25, 0.3) is 0 Å². The van der Waals surface area contributed by atoms with E-state index in [1.807, 2.05) is 32.3 Å². The molecule has 0 aliphatic rings. The molecule has 0 bridgehead atoms. The minimum Gasteiger partial charge on any atom is -0.312 e. The number of nitrogens with zero attached hydrogens (tertiary/aromatic N) is 1. The first-order chi connectivity index (χ1) is 8.65. The van der Waals surface area contributed by atoms with E-state index in [2.05, 4.69) is 28.7 Å². The van der Waals surface area contributed by atoms with Gasteiger partial charge in [-0.05, 0) is 37.0 Å². The monoisotopic (exact) mass is 280 g/mol. The van der Waals surface area contributed by atoms with Gasteiger partial charge >= 0.3 is 0 Å². The summed E-state index contributed by atoms with van der Waals surface area (Å²) in [5.41, 5.74) is 2.23. The maximum atomic E-state index is 6.36. The fraction of sp³-hybridized carbons (Fsp3) is 0.357. The van der Waals surface area contributed by atoms with Crippen molar-refractivity contribution in [3.63, 3.8) is 0 Å². The van der Waals surface area contributed by atoms with Crippen molar-refractivity contribution in [1.29, 1.82) is 0 Å². The molecule has 2 nitrogen and oxygen atoms in total. The number of rotatable bonds is 4. The van der Waals surface area contributed by atoms with E-state index in [9.17, 15) is 0 Å². The lowest BCUT2D eigenvalue weighted by Gasteiger charge is -2.22. The highest BCUT2D eigenvalue weighted by Gasteiger charge is 2.24. The summed E-state index contributed by atoms with van der Waals surface area (Å²) >= 11 is 8.07. The number of thiophene rings is 1. The summed E-state index contributed by atoms with van der Waals surface area (Å²) in [5, 5.41) is 6.34. The van der Waals surface area contributed by atoms with E-state index >= 15 is 0 Å². The first-order valence-corrected chi connectivity index (χ1v) is 7.22. The molecule has 18 heavy (non-hydrogen) atoms. The van der Waals surface area contributed by atoms with Gasteiger partial charge in [-0.25, -0.2) is 0 Å². The Hall–Kier alpha value is -0.900. The zero-order valence-electron chi connectivity index (χ0n) is 10.8. The average molecular weight is 281 g/mol. The molecule has 2 rings (SSSR count). The van der Waals surface area contributed by atoms with Crippen molar-refractivity contribution >= 4 is 22.9 Å². The third-order valence-corrected chi connectivity index (χ3v) is 4.97. The Kier molecular flexibility index (Phi) is 4.38. The van der Waals surface area contributed by atoms with Gasteiger partial charge in [0.25, 0.3) is 0 Å². The predicted octanol–water partition coefficient (Wildman–Crippen LogP) is 4.17. The first-order valence-electron chi connectivity index (χ1n) is 5.96. The molecule has 0 aromatic carbocycles. The summed E-state index contributed by atoms with van der Waals surface area (Å²) in [5.74, 6) is 0.284. The third-order valence-electron chi connectivity index (χ3n) is 3.17. The van der Waals surface area contributed by atoms with Crippen LogP contribution in [0.1, 0.15) is 35.0 Å². The van der Waals surface area contributed by atoms with Crippen LogP contribution in [0.5, 0.6) is 0 Å². The molecule has 0 fully saturated rings. The number of hydrogen-bond donors (Lipinski definition) is 1. The molecular weight excluding hydrogens is 264 g/mol. The maximum absolute atomic E-state index is 6.36. The normalized spacial score (nSPS) is 14.4. The van der Waals surface area contributed by atoms with Crippen LogP contribution >= 0.6 is 22.9 Å². The second-order valence-electron chi connectivity index (χ2n) is 4.41. The van der Waals surface area contributed by atoms with Crippen LogP contribution in [0.15, 0.2) is 29.8 Å². The molecule has 2 unspecified atom stereocenters. The Morgan fingerprint density at radius 3 is 2.67 bits per heavy atom. The highest BCUT2D eigenvalue weighted by molar-refractivity contribution is 7.10. The summed E-state index contributed by atoms with van der Waals surface area (Å²) in [6.07, 6.45) is 1.83. The van der Waals surface area contributed by atoms with E-state index < -0.39 is 0 Å². The van der Waals surface area contributed by atoms with Crippen LogP contribution in [0.2, 0.25) is 5.02 Å². The van der Waals surface area contributed by atoms with Crippen molar-refractivity contribution < 1.29 is 0 Å². The zero-order chi connectivity index (χ0) is 13.1. The van der Waals surface area contributed by atoms with Crippen LogP contribution in [-0.2, 0) is 0 Å². The summed E-state index contributed by atoms with van der Waals surface area (Å²) in [7, 11) is 1.97. The lowest BCUT2D eigenvalue weighted by molar-refractivity contribution is 0.506. The first kappa shape index (κ1) is 13.5. The molecule has 0 saturated carbocycles. The second kappa shape index (κ2) is 5.83. The number of aromatic nitrogens is 1. The molecule has 0 spiro atoms. The van der Waals surface area contributed by atoms with Crippen LogP contribution in [0, 0.1) is 6.92 Å². The maximum Gasteiger partial charge on any atom is 0.0590 e. The third kappa shape index (κ3) is 2.58. The van der Waals surface area contributed by atoms with Crippen molar-refractivity contribution in [3.8, 4) is 0 Å². The molecule has 0 radical (unpaired) electrons. The molecule has 2 atom stereocenters. The Morgan fingerprint density at radius 2 is 2.17 bits per heavy atom. The van der Waals surface area contributed by atoms with Crippen molar-refractivity contribution in [1.82, 2.24) is 10.3 Å². The fourth-order valence-corrected chi connectivity index (χ4v) is 3.61. The van der Waals surface area contributed by atoms with Gasteiger partial charge in [0, 0.05) is 22.7 Å². The smallest absolute Gasteiger partial charge is 0.0590 e. The van der Waals surface area contributed by atoms with Gasteiger partial charge in [-0.1, -0.05) is 24.6 Å². The van der Waals surface area contributed by atoms with Gasteiger partial charge in [-0.15, -0.1) is 11.3 Å². The lowest BCUT2D eigenvalue weighted by Crippen LogP contribution is -2.22. The van der Waals surface area contributed by atoms with Crippen molar-refractivity contribution in [2.24, 2.45) is 0 Å². The van der Waals surface area contributed by atoms with Crippen molar-refractivity contribution in [3.05, 3.63) is 50.9 Å². The molecule has 0 saturated heterocycles. The molecular formula is C14H17ClN2S. The Bertz CT molecular complexity index is 510. The van der Waals surface area contributed by atoms with Crippen LogP contribution in [0.3, 0.4) is 0 Å². The number of hydrogen-bond acceptors (Lipinski definition) is 3.